The first-order valence-electron chi connectivity index (χ1n) is 12.2. The molecule has 2 aliphatic rings. The Hall–Kier alpha value is -3.61. The van der Waals surface area contributed by atoms with Gasteiger partial charge in [-0.3, -0.25) is 9.69 Å². The Labute approximate surface area is 207 Å². The van der Waals surface area contributed by atoms with E-state index >= 15 is 0 Å². The van der Waals surface area contributed by atoms with Crippen LogP contribution in [-0.2, 0) is 16.1 Å². The molecule has 4 amide bonds. The van der Waals surface area contributed by atoms with Gasteiger partial charge in [0.25, 0.3) is 5.91 Å². The van der Waals surface area contributed by atoms with Crippen LogP contribution < -0.4 is 0 Å². The van der Waals surface area contributed by atoms with Gasteiger partial charge in [-0.15, -0.1) is 0 Å². The molecular formula is C28H33N3O4. The SMILES string of the molecule is CC1C(c2ccccc2)N(C(=O)/C=C/CC2CCN(C(=O)OCc3ccccc3)CC2)C(=O)N1C. The molecule has 0 bridgehead atoms. The second-order valence-electron chi connectivity index (χ2n) is 9.31. The van der Waals surface area contributed by atoms with E-state index in [1.54, 1.807) is 16.8 Å². The molecule has 184 valence electrons. The zero-order valence-electron chi connectivity index (χ0n) is 20.4. The number of carbonyl (C=O) groups excluding carboxylic acids is 3. The molecule has 0 saturated carbocycles. The van der Waals surface area contributed by atoms with Gasteiger partial charge in [-0.1, -0.05) is 66.7 Å². The Morgan fingerprint density at radius 1 is 1.00 bits per heavy atom. The molecule has 7 nitrogen and oxygen atoms in total. The number of benzene rings is 2. The molecule has 7 heteroatoms. The molecule has 0 N–H and O–H groups in total. The topological polar surface area (TPSA) is 70.2 Å². The largest absolute Gasteiger partial charge is 0.445 e. The number of likely N-dealkylation sites (N-methyl/N-ethyl adjacent to an activating group) is 1. The van der Waals surface area contributed by atoms with Crippen LogP contribution in [-0.4, -0.2) is 58.9 Å². The van der Waals surface area contributed by atoms with Gasteiger partial charge in [0.05, 0.1) is 12.1 Å². The van der Waals surface area contributed by atoms with Crippen LogP contribution in [0.4, 0.5) is 9.59 Å². The average Bonchev–Trinajstić information content (AvgIpc) is 3.12. The van der Waals surface area contributed by atoms with Crippen molar-refractivity contribution in [1.29, 1.82) is 0 Å². The van der Waals surface area contributed by atoms with Crippen molar-refractivity contribution in [2.24, 2.45) is 5.92 Å². The van der Waals surface area contributed by atoms with Crippen molar-refractivity contribution < 1.29 is 19.1 Å². The molecule has 0 radical (unpaired) electrons. The van der Waals surface area contributed by atoms with Gasteiger partial charge in [0.2, 0.25) is 0 Å². The molecule has 0 spiro atoms. The third-order valence-electron chi connectivity index (χ3n) is 7.04. The van der Waals surface area contributed by atoms with Crippen molar-refractivity contribution >= 4 is 18.0 Å². The number of ether oxygens (including phenoxy) is 1. The highest BCUT2D eigenvalue weighted by Gasteiger charge is 2.44. The molecule has 4 rings (SSSR count). The summed E-state index contributed by atoms with van der Waals surface area (Å²) in [5.74, 6) is 0.0972. The Kier molecular flexibility index (Phi) is 7.85. The van der Waals surface area contributed by atoms with E-state index < -0.39 is 0 Å². The van der Waals surface area contributed by atoms with Crippen molar-refractivity contribution in [1.82, 2.24) is 14.7 Å². The van der Waals surface area contributed by atoms with Crippen LogP contribution in [0, 0.1) is 5.92 Å². The quantitative estimate of drug-likeness (QED) is 0.551. The summed E-state index contributed by atoms with van der Waals surface area (Å²) in [5.41, 5.74) is 1.92. The summed E-state index contributed by atoms with van der Waals surface area (Å²) in [5, 5.41) is 0. The number of rotatable bonds is 6. The molecule has 2 heterocycles. The van der Waals surface area contributed by atoms with Gasteiger partial charge in [-0.05, 0) is 49.3 Å². The van der Waals surface area contributed by atoms with E-state index in [4.69, 9.17) is 4.74 Å². The number of imide groups is 1. The summed E-state index contributed by atoms with van der Waals surface area (Å²) < 4.78 is 5.43. The summed E-state index contributed by atoms with van der Waals surface area (Å²) in [6.07, 6.45) is 5.56. The molecule has 2 aromatic rings. The van der Waals surface area contributed by atoms with Crippen LogP contribution in [0.25, 0.3) is 0 Å². The van der Waals surface area contributed by atoms with E-state index in [0.717, 1.165) is 30.4 Å². The third-order valence-corrected chi connectivity index (χ3v) is 7.04. The van der Waals surface area contributed by atoms with Gasteiger partial charge in [0, 0.05) is 20.1 Å². The highest BCUT2D eigenvalue weighted by Crippen LogP contribution is 2.34. The molecule has 2 fully saturated rings. The standard InChI is InChI=1S/C28H33N3O4/c1-21-26(24-13-7-4-8-14-24)31(27(33)29(21)2)25(32)15-9-12-22-16-18-30(19-17-22)28(34)35-20-23-10-5-3-6-11-23/h3-11,13-15,21-22,26H,12,16-20H2,1-2H3/b15-9+. The van der Waals surface area contributed by atoms with Crippen molar-refractivity contribution in [3.05, 3.63) is 83.9 Å². The molecule has 2 atom stereocenters. The minimum atomic E-state index is -0.309. The Bertz CT molecular complexity index is 1050. The van der Waals surface area contributed by atoms with Crippen molar-refractivity contribution in [2.45, 2.75) is 44.9 Å². The third kappa shape index (κ3) is 5.73. The molecule has 2 aliphatic heterocycles. The number of allylic oxidation sites excluding steroid dienone is 1. The highest BCUT2D eigenvalue weighted by atomic mass is 16.6. The van der Waals surface area contributed by atoms with Crippen LogP contribution in [0.15, 0.2) is 72.8 Å². The van der Waals surface area contributed by atoms with Crippen LogP contribution in [0.5, 0.6) is 0 Å². The highest BCUT2D eigenvalue weighted by molar-refractivity contribution is 6.02. The van der Waals surface area contributed by atoms with Crippen LogP contribution in [0.2, 0.25) is 0 Å². The number of hydrogen-bond donors (Lipinski definition) is 0. The molecular weight excluding hydrogens is 442 g/mol. The van der Waals surface area contributed by atoms with Gasteiger partial charge < -0.3 is 14.5 Å². The number of hydrogen-bond acceptors (Lipinski definition) is 4. The minimum absolute atomic E-state index is 0.103. The summed E-state index contributed by atoms with van der Waals surface area (Å²) in [6.45, 7) is 3.52. The van der Waals surface area contributed by atoms with Gasteiger partial charge in [-0.2, -0.15) is 0 Å². The monoisotopic (exact) mass is 475 g/mol. The molecule has 35 heavy (non-hydrogen) atoms. The average molecular weight is 476 g/mol. The number of nitrogens with zero attached hydrogens (tertiary/aromatic N) is 3. The summed E-state index contributed by atoms with van der Waals surface area (Å²) >= 11 is 0. The fraction of sp³-hybridized carbons (Fsp3) is 0.393. The Balaban J connectivity index is 1.27. The maximum absolute atomic E-state index is 13.0. The van der Waals surface area contributed by atoms with Crippen molar-refractivity contribution in [3.63, 3.8) is 0 Å². The second-order valence-corrected chi connectivity index (χ2v) is 9.31. The predicted molar refractivity (Wildman–Crippen MR) is 133 cm³/mol. The summed E-state index contributed by atoms with van der Waals surface area (Å²) in [7, 11) is 1.73. The molecule has 0 aliphatic carbocycles. The van der Waals surface area contributed by atoms with Crippen LogP contribution in [0.1, 0.15) is 43.4 Å². The first kappa shape index (κ1) is 24.5. The van der Waals surface area contributed by atoms with Gasteiger partial charge in [0.15, 0.2) is 0 Å². The fourth-order valence-electron chi connectivity index (χ4n) is 4.80. The van der Waals surface area contributed by atoms with Gasteiger partial charge in [0.1, 0.15) is 6.61 Å². The van der Waals surface area contributed by atoms with E-state index in [2.05, 4.69) is 0 Å². The second kappa shape index (κ2) is 11.2. The van der Waals surface area contributed by atoms with E-state index in [1.165, 1.54) is 11.0 Å². The van der Waals surface area contributed by atoms with Crippen molar-refractivity contribution in [3.8, 4) is 0 Å². The van der Waals surface area contributed by atoms with Gasteiger partial charge in [-0.25, -0.2) is 9.59 Å². The van der Waals surface area contributed by atoms with Crippen molar-refractivity contribution in [2.75, 3.05) is 20.1 Å². The number of amides is 4. The summed E-state index contributed by atoms with van der Waals surface area (Å²) in [6, 6.07) is 18.6. The summed E-state index contributed by atoms with van der Waals surface area (Å²) in [4.78, 5) is 42.9. The van der Waals surface area contributed by atoms with Crippen LogP contribution in [0.3, 0.4) is 0 Å². The smallest absolute Gasteiger partial charge is 0.410 e. The lowest BCUT2D eigenvalue weighted by Crippen LogP contribution is -2.38. The lowest BCUT2D eigenvalue weighted by Gasteiger charge is -2.30. The Morgan fingerprint density at radius 2 is 1.63 bits per heavy atom. The number of carbonyl (C=O) groups is 3. The lowest BCUT2D eigenvalue weighted by atomic mass is 9.93. The maximum atomic E-state index is 13.0. The molecule has 2 saturated heterocycles. The van der Waals surface area contributed by atoms with E-state index in [0.29, 0.717) is 19.0 Å². The first-order valence-corrected chi connectivity index (χ1v) is 12.2. The fourth-order valence-corrected chi connectivity index (χ4v) is 4.80. The predicted octanol–water partition coefficient (Wildman–Crippen LogP) is 5.01. The van der Waals surface area contributed by atoms with Crippen LogP contribution >= 0.6 is 0 Å². The maximum Gasteiger partial charge on any atom is 0.410 e. The zero-order valence-corrected chi connectivity index (χ0v) is 20.4. The Morgan fingerprint density at radius 3 is 2.29 bits per heavy atom. The number of urea groups is 1. The van der Waals surface area contributed by atoms with Gasteiger partial charge >= 0.3 is 12.1 Å². The van der Waals surface area contributed by atoms with E-state index in [9.17, 15) is 14.4 Å². The molecule has 2 aromatic carbocycles. The number of piperidine rings is 1. The van der Waals surface area contributed by atoms with E-state index in [1.807, 2.05) is 73.7 Å². The van der Waals surface area contributed by atoms with E-state index in [-0.39, 0.29) is 36.7 Å². The first-order chi connectivity index (χ1) is 17.0. The minimum Gasteiger partial charge on any atom is -0.445 e. The normalized spacial score (nSPS) is 21.1. The lowest BCUT2D eigenvalue weighted by molar-refractivity contribution is -0.124. The number of likely N-dealkylation sites (tertiary alicyclic amines) is 1. The zero-order chi connectivity index (χ0) is 24.8. The molecule has 2 unspecified atom stereocenters. The molecule has 0 aromatic heterocycles.